The summed E-state index contributed by atoms with van der Waals surface area (Å²) in [5.74, 6) is 1.44. The second-order valence-electron chi connectivity index (χ2n) is 3.23. The first kappa shape index (κ1) is 14.7. The van der Waals surface area contributed by atoms with Gasteiger partial charge in [-0.3, -0.25) is 0 Å². The summed E-state index contributed by atoms with van der Waals surface area (Å²) in [7, 11) is 1.92. The van der Waals surface area contributed by atoms with Crippen molar-refractivity contribution in [1.82, 2.24) is 0 Å². The zero-order valence-electron chi connectivity index (χ0n) is 9.89. The van der Waals surface area contributed by atoms with Crippen molar-refractivity contribution < 1.29 is 0 Å². The largest absolute Gasteiger partial charge is 0.369 e. The van der Waals surface area contributed by atoms with Crippen LogP contribution in [0.1, 0.15) is 0 Å². The summed E-state index contributed by atoms with van der Waals surface area (Å²) in [6.07, 6.45) is 2.06. The molecule has 1 rings (SSSR count). The lowest BCUT2D eigenvalue weighted by molar-refractivity contribution is 1.22. The third kappa shape index (κ3) is 4.81. The Morgan fingerprint density at radius 1 is 1.53 bits per heavy atom. The number of hydrogen-bond donors (Lipinski definition) is 1. The Morgan fingerprint density at radius 2 is 2.29 bits per heavy atom. The van der Waals surface area contributed by atoms with E-state index in [9.17, 15) is 0 Å². The number of benzene rings is 1. The summed E-state index contributed by atoms with van der Waals surface area (Å²) in [6, 6.07) is 8.23. The van der Waals surface area contributed by atoms with Gasteiger partial charge in [0.25, 0.3) is 0 Å². The van der Waals surface area contributed by atoms with E-state index in [-0.39, 0.29) is 0 Å². The molecule has 0 amide bonds. The van der Waals surface area contributed by atoms with Gasteiger partial charge in [-0.1, -0.05) is 22.0 Å². The van der Waals surface area contributed by atoms with E-state index >= 15 is 0 Å². The van der Waals surface area contributed by atoms with Crippen LogP contribution >= 0.6 is 39.6 Å². The molecule has 0 saturated heterocycles. The Hall–Kier alpha value is -0.330. The number of nitrogens with zero attached hydrogens (tertiary/aromatic N) is 2. The number of nitrogens with two attached hydrogens (primary N) is 1. The molecule has 0 heterocycles. The fourth-order valence-corrected chi connectivity index (χ4v) is 2.46. The van der Waals surface area contributed by atoms with E-state index in [0.717, 1.165) is 16.8 Å². The average Bonchev–Trinajstić information content (AvgIpc) is 2.38. The monoisotopic (exact) mass is 333 g/mol. The van der Waals surface area contributed by atoms with Crippen molar-refractivity contribution in [2.75, 3.05) is 29.3 Å². The van der Waals surface area contributed by atoms with Gasteiger partial charge in [0.05, 0.1) is 0 Å². The van der Waals surface area contributed by atoms with E-state index in [1.54, 1.807) is 11.8 Å². The summed E-state index contributed by atoms with van der Waals surface area (Å²) in [5.41, 5.74) is 6.97. The normalized spacial score (nSPS) is 11.6. The Labute approximate surface area is 120 Å². The number of thioether (sulfide) groups is 1. The molecular formula is C11H16BrN3S2. The van der Waals surface area contributed by atoms with Crippen LogP contribution in [0.2, 0.25) is 0 Å². The smallest absolute Gasteiger partial charge is 0.207 e. The minimum atomic E-state index is 0.522. The number of halogens is 1. The van der Waals surface area contributed by atoms with E-state index in [1.165, 1.54) is 16.8 Å². The number of guanidine groups is 1. The Bertz CT molecular complexity index is 385. The van der Waals surface area contributed by atoms with Gasteiger partial charge < -0.3 is 10.6 Å². The number of hydrogen-bond acceptors (Lipinski definition) is 3. The fraction of sp³-hybridized carbons (Fsp3) is 0.364. The van der Waals surface area contributed by atoms with Crippen LogP contribution in [-0.2, 0) is 0 Å². The first-order chi connectivity index (χ1) is 8.19. The highest BCUT2D eigenvalue weighted by atomic mass is 79.9. The summed E-state index contributed by atoms with van der Waals surface area (Å²) < 4.78 is 4.25. The number of rotatable bonds is 5. The van der Waals surface area contributed by atoms with Crippen LogP contribution in [-0.4, -0.2) is 30.3 Å². The maximum Gasteiger partial charge on any atom is 0.207 e. The number of anilines is 1. The summed E-state index contributed by atoms with van der Waals surface area (Å²) >= 11 is 6.53. The highest BCUT2D eigenvalue weighted by Gasteiger charge is 2.05. The maximum absolute atomic E-state index is 5.91. The highest BCUT2D eigenvalue weighted by Crippen LogP contribution is 2.21. The summed E-state index contributed by atoms with van der Waals surface area (Å²) in [4.78, 5) is 3.11. The predicted octanol–water partition coefficient (Wildman–Crippen LogP) is 3.20. The molecule has 0 aliphatic heterocycles. The lowest BCUT2D eigenvalue weighted by Gasteiger charge is -2.18. The van der Waals surface area contributed by atoms with Crippen LogP contribution in [0.5, 0.6) is 0 Å². The van der Waals surface area contributed by atoms with Crippen molar-refractivity contribution >= 4 is 51.3 Å². The summed E-state index contributed by atoms with van der Waals surface area (Å²) in [6.45, 7) is 0. The first-order valence-electron chi connectivity index (χ1n) is 5.08. The molecule has 3 nitrogen and oxygen atoms in total. The van der Waals surface area contributed by atoms with Gasteiger partial charge in [0.15, 0.2) is 0 Å². The van der Waals surface area contributed by atoms with E-state index in [0.29, 0.717) is 5.96 Å². The average molecular weight is 334 g/mol. The van der Waals surface area contributed by atoms with E-state index in [4.69, 9.17) is 5.73 Å². The summed E-state index contributed by atoms with van der Waals surface area (Å²) in [5, 5.41) is 0.917. The second kappa shape index (κ2) is 7.89. The van der Waals surface area contributed by atoms with Crippen molar-refractivity contribution in [1.29, 1.82) is 0 Å². The molecule has 17 heavy (non-hydrogen) atoms. The van der Waals surface area contributed by atoms with Crippen LogP contribution in [0.3, 0.4) is 0 Å². The molecule has 2 N–H and O–H groups in total. The second-order valence-corrected chi connectivity index (χ2v) is 5.75. The molecule has 0 fully saturated rings. The molecule has 0 unspecified atom stereocenters. The molecule has 94 valence electrons. The topological polar surface area (TPSA) is 41.6 Å². The van der Waals surface area contributed by atoms with Gasteiger partial charge in [-0.15, -0.1) is 11.8 Å². The van der Waals surface area contributed by atoms with Gasteiger partial charge in [0, 0.05) is 28.7 Å². The molecule has 0 aromatic heterocycles. The molecule has 0 atom stereocenters. The predicted molar refractivity (Wildman–Crippen MR) is 84.5 cm³/mol. The van der Waals surface area contributed by atoms with Crippen LogP contribution in [0.4, 0.5) is 5.69 Å². The molecule has 0 radical (unpaired) electrons. The zero-order valence-corrected chi connectivity index (χ0v) is 13.1. The molecule has 6 heteroatoms. The van der Waals surface area contributed by atoms with Crippen molar-refractivity contribution in [3.8, 4) is 0 Å². The van der Waals surface area contributed by atoms with Gasteiger partial charge in [0.1, 0.15) is 0 Å². The molecule has 1 aromatic rings. The Balaban J connectivity index is 2.73. The van der Waals surface area contributed by atoms with Gasteiger partial charge in [-0.25, -0.2) is 0 Å². The minimum absolute atomic E-state index is 0.522. The lowest BCUT2D eigenvalue weighted by atomic mass is 10.3. The van der Waals surface area contributed by atoms with Gasteiger partial charge in [-0.05, 0) is 36.4 Å². The Morgan fingerprint density at radius 3 is 2.94 bits per heavy atom. The van der Waals surface area contributed by atoms with Crippen molar-refractivity contribution in [3.05, 3.63) is 24.3 Å². The van der Waals surface area contributed by atoms with Crippen molar-refractivity contribution in [2.45, 2.75) is 4.90 Å². The zero-order chi connectivity index (χ0) is 12.7. The SMILES string of the molecule is CSc1cccc(N(C)C(N)=NSCCBr)c1. The minimum Gasteiger partial charge on any atom is -0.369 e. The fourth-order valence-electron chi connectivity index (χ4n) is 1.16. The quantitative estimate of drug-likeness (QED) is 0.224. The highest BCUT2D eigenvalue weighted by molar-refractivity contribution is 9.09. The van der Waals surface area contributed by atoms with Crippen LogP contribution in [0.15, 0.2) is 33.6 Å². The van der Waals surface area contributed by atoms with Crippen molar-refractivity contribution in [2.24, 2.45) is 10.1 Å². The van der Waals surface area contributed by atoms with Gasteiger partial charge in [0.2, 0.25) is 5.96 Å². The number of alkyl halides is 1. The Kier molecular flexibility index (Phi) is 6.84. The van der Waals surface area contributed by atoms with E-state index in [2.05, 4.69) is 38.7 Å². The maximum atomic E-state index is 5.91. The van der Waals surface area contributed by atoms with Gasteiger partial charge in [-0.2, -0.15) is 4.40 Å². The van der Waals surface area contributed by atoms with Gasteiger partial charge >= 0.3 is 0 Å². The molecule has 0 aliphatic rings. The molecular weight excluding hydrogens is 318 g/mol. The third-order valence-corrected chi connectivity index (χ3v) is 4.46. The lowest BCUT2D eigenvalue weighted by Crippen LogP contribution is -2.33. The van der Waals surface area contributed by atoms with Crippen molar-refractivity contribution in [3.63, 3.8) is 0 Å². The molecule has 0 aliphatic carbocycles. The molecule has 0 spiro atoms. The molecule has 0 saturated carbocycles. The standard InChI is InChI=1S/C11H16BrN3S2/c1-15(11(13)14-17-7-6-12)9-4-3-5-10(8-9)16-2/h3-5,8H,6-7H2,1-2H3,(H2,13,14). The third-order valence-electron chi connectivity index (χ3n) is 2.11. The van der Waals surface area contributed by atoms with E-state index < -0.39 is 0 Å². The van der Waals surface area contributed by atoms with Crippen LogP contribution in [0, 0.1) is 0 Å². The molecule has 0 bridgehead atoms. The van der Waals surface area contributed by atoms with E-state index in [1.807, 2.05) is 24.1 Å². The first-order valence-corrected chi connectivity index (χ1v) is 8.37. The molecule has 1 aromatic carbocycles. The van der Waals surface area contributed by atoms with Crippen LogP contribution in [0.25, 0.3) is 0 Å². The van der Waals surface area contributed by atoms with Crippen LogP contribution < -0.4 is 10.6 Å².